The topological polar surface area (TPSA) is 50.7 Å². The first-order chi connectivity index (χ1) is 9.13. The number of ether oxygens (including phenoxy) is 2. The zero-order valence-corrected chi connectivity index (χ0v) is 11.3. The number of fused-ring (bicyclic) bond motifs is 1. The minimum atomic E-state index is -1.17. The SMILES string of the molecule is CNCC(O)c1cc2c(cc1C(C)F)OCCCO2. The highest BCUT2D eigenvalue weighted by Crippen LogP contribution is 2.38. The first-order valence-corrected chi connectivity index (χ1v) is 6.53. The van der Waals surface area contributed by atoms with Gasteiger partial charge in [0.1, 0.15) is 6.17 Å². The van der Waals surface area contributed by atoms with Crippen molar-refractivity contribution < 1.29 is 19.0 Å². The lowest BCUT2D eigenvalue weighted by Crippen LogP contribution is -2.18. The average molecular weight is 269 g/mol. The summed E-state index contributed by atoms with van der Waals surface area (Å²) in [6.45, 7) is 2.94. The van der Waals surface area contributed by atoms with Gasteiger partial charge in [-0.15, -0.1) is 0 Å². The van der Waals surface area contributed by atoms with Crippen molar-refractivity contribution in [2.24, 2.45) is 0 Å². The molecule has 5 heteroatoms. The van der Waals surface area contributed by atoms with Crippen molar-refractivity contribution >= 4 is 0 Å². The molecule has 1 heterocycles. The predicted octanol–water partition coefficient (Wildman–Crippen LogP) is 2.13. The van der Waals surface area contributed by atoms with E-state index in [9.17, 15) is 9.50 Å². The molecule has 2 unspecified atom stereocenters. The summed E-state index contributed by atoms with van der Waals surface area (Å²) >= 11 is 0. The van der Waals surface area contributed by atoms with Crippen LogP contribution in [0.1, 0.15) is 36.7 Å². The van der Waals surface area contributed by atoms with Crippen LogP contribution in [-0.4, -0.2) is 31.9 Å². The number of halogens is 1. The van der Waals surface area contributed by atoms with Crippen LogP contribution in [0.2, 0.25) is 0 Å². The van der Waals surface area contributed by atoms with E-state index in [4.69, 9.17) is 9.47 Å². The second kappa shape index (κ2) is 6.21. The molecular weight excluding hydrogens is 249 g/mol. The van der Waals surface area contributed by atoms with Gasteiger partial charge < -0.3 is 19.9 Å². The van der Waals surface area contributed by atoms with Gasteiger partial charge in [-0.1, -0.05) is 0 Å². The molecule has 19 heavy (non-hydrogen) atoms. The summed E-state index contributed by atoms with van der Waals surface area (Å²) in [5, 5.41) is 13.0. The van der Waals surface area contributed by atoms with Crippen molar-refractivity contribution in [1.29, 1.82) is 0 Å². The van der Waals surface area contributed by atoms with Gasteiger partial charge in [0.2, 0.25) is 0 Å². The van der Waals surface area contributed by atoms with Crippen LogP contribution in [0, 0.1) is 0 Å². The first kappa shape index (κ1) is 14.1. The Morgan fingerprint density at radius 2 is 1.84 bits per heavy atom. The van der Waals surface area contributed by atoms with Crippen LogP contribution < -0.4 is 14.8 Å². The summed E-state index contributed by atoms with van der Waals surface area (Å²) < 4.78 is 24.9. The summed E-state index contributed by atoms with van der Waals surface area (Å²) in [4.78, 5) is 0. The lowest BCUT2D eigenvalue weighted by molar-refractivity contribution is 0.173. The molecule has 0 spiro atoms. The van der Waals surface area contributed by atoms with E-state index in [1.165, 1.54) is 6.92 Å². The Hall–Kier alpha value is -1.33. The predicted molar refractivity (Wildman–Crippen MR) is 70.5 cm³/mol. The number of hydrogen-bond acceptors (Lipinski definition) is 4. The van der Waals surface area contributed by atoms with Gasteiger partial charge in [-0.2, -0.15) is 0 Å². The molecule has 0 bridgehead atoms. The number of hydrogen-bond donors (Lipinski definition) is 2. The quantitative estimate of drug-likeness (QED) is 0.879. The molecule has 1 aliphatic rings. The number of alkyl halides is 1. The average Bonchev–Trinajstić information content (AvgIpc) is 2.61. The van der Waals surface area contributed by atoms with E-state index >= 15 is 0 Å². The molecule has 0 aromatic heterocycles. The van der Waals surface area contributed by atoms with Gasteiger partial charge in [-0.3, -0.25) is 0 Å². The summed E-state index contributed by atoms with van der Waals surface area (Å²) in [5.74, 6) is 1.13. The van der Waals surface area contributed by atoms with Gasteiger partial charge in [0, 0.05) is 13.0 Å². The maximum absolute atomic E-state index is 13.7. The number of aliphatic hydroxyl groups is 1. The van der Waals surface area contributed by atoms with Crippen LogP contribution >= 0.6 is 0 Å². The standard InChI is InChI=1S/C14H20FNO3/c1-9(15)10-6-13-14(19-5-3-4-18-13)7-11(10)12(17)8-16-2/h6-7,9,12,16-17H,3-5,8H2,1-2H3. The smallest absolute Gasteiger partial charge is 0.161 e. The van der Waals surface area contributed by atoms with Crippen LogP contribution in [-0.2, 0) is 0 Å². The van der Waals surface area contributed by atoms with Gasteiger partial charge in [0.15, 0.2) is 11.5 Å². The number of rotatable bonds is 4. The van der Waals surface area contributed by atoms with Crippen molar-refractivity contribution in [2.75, 3.05) is 26.8 Å². The minimum absolute atomic E-state index is 0.360. The normalized spacial score (nSPS) is 17.7. The second-order valence-electron chi connectivity index (χ2n) is 4.67. The van der Waals surface area contributed by atoms with Crippen LogP contribution in [0.25, 0.3) is 0 Å². The molecule has 0 aliphatic carbocycles. The summed E-state index contributed by atoms with van der Waals surface area (Å²) in [5.41, 5.74) is 1.00. The van der Waals surface area contributed by atoms with Gasteiger partial charge >= 0.3 is 0 Å². The molecule has 4 nitrogen and oxygen atoms in total. The lowest BCUT2D eigenvalue weighted by Gasteiger charge is -2.19. The molecule has 2 atom stereocenters. The van der Waals surface area contributed by atoms with E-state index in [1.54, 1.807) is 19.2 Å². The monoisotopic (exact) mass is 269 g/mol. The largest absolute Gasteiger partial charge is 0.490 e. The first-order valence-electron chi connectivity index (χ1n) is 6.53. The molecule has 2 rings (SSSR count). The fourth-order valence-corrected chi connectivity index (χ4v) is 2.18. The molecule has 1 aromatic rings. The number of nitrogens with one attached hydrogen (secondary N) is 1. The Labute approximate surface area is 112 Å². The fourth-order valence-electron chi connectivity index (χ4n) is 2.18. The Bertz CT molecular complexity index is 437. The van der Waals surface area contributed by atoms with E-state index in [1.807, 2.05) is 0 Å². The van der Waals surface area contributed by atoms with E-state index in [0.29, 0.717) is 42.4 Å². The highest BCUT2D eigenvalue weighted by atomic mass is 19.1. The zero-order valence-electron chi connectivity index (χ0n) is 11.3. The Balaban J connectivity index is 2.42. The number of likely N-dealkylation sites (N-methyl/N-ethyl adjacent to an activating group) is 1. The highest BCUT2D eigenvalue weighted by molar-refractivity contribution is 5.49. The summed E-state index contributed by atoms with van der Waals surface area (Å²) in [6.07, 6.45) is -1.14. The fraction of sp³-hybridized carbons (Fsp3) is 0.571. The van der Waals surface area contributed by atoms with E-state index in [0.717, 1.165) is 6.42 Å². The molecule has 0 radical (unpaired) electrons. The Morgan fingerprint density at radius 3 is 2.37 bits per heavy atom. The molecular formula is C14H20FNO3. The number of benzene rings is 1. The van der Waals surface area contributed by atoms with Gasteiger partial charge in [0.05, 0.1) is 19.3 Å². The van der Waals surface area contributed by atoms with Gasteiger partial charge in [0.25, 0.3) is 0 Å². The summed E-state index contributed by atoms with van der Waals surface area (Å²) in [7, 11) is 1.74. The van der Waals surface area contributed by atoms with Crippen molar-refractivity contribution in [3.63, 3.8) is 0 Å². The van der Waals surface area contributed by atoms with Crippen LogP contribution in [0.4, 0.5) is 4.39 Å². The van der Waals surface area contributed by atoms with Crippen molar-refractivity contribution in [3.05, 3.63) is 23.3 Å². The lowest BCUT2D eigenvalue weighted by atomic mass is 9.98. The maximum atomic E-state index is 13.7. The Kier molecular flexibility index (Phi) is 4.61. The molecule has 2 N–H and O–H groups in total. The minimum Gasteiger partial charge on any atom is -0.490 e. The van der Waals surface area contributed by atoms with E-state index in [2.05, 4.69) is 5.32 Å². The van der Waals surface area contributed by atoms with Crippen molar-refractivity contribution in [1.82, 2.24) is 5.32 Å². The summed E-state index contributed by atoms with van der Waals surface area (Å²) in [6, 6.07) is 3.33. The molecule has 1 aliphatic heterocycles. The van der Waals surface area contributed by atoms with Crippen LogP contribution in [0.15, 0.2) is 12.1 Å². The van der Waals surface area contributed by atoms with E-state index < -0.39 is 12.3 Å². The van der Waals surface area contributed by atoms with Crippen molar-refractivity contribution in [2.45, 2.75) is 25.6 Å². The molecule has 0 saturated heterocycles. The number of aliphatic hydroxyl groups excluding tert-OH is 1. The molecule has 0 saturated carbocycles. The van der Waals surface area contributed by atoms with Gasteiger partial charge in [-0.05, 0) is 37.2 Å². The maximum Gasteiger partial charge on any atom is 0.161 e. The Morgan fingerprint density at radius 1 is 1.26 bits per heavy atom. The third-order valence-corrected chi connectivity index (χ3v) is 3.14. The van der Waals surface area contributed by atoms with Crippen molar-refractivity contribution in [3.8, 4) is 11.5 Å². The van der Waals surface area contributed by atoms with Crippen LogP contribution in [0.5, 0.6) is 11.5 Å². The zero-order chi connectivity index (χ0) is 13.8. The van der Waals surface area contributed by atoms with Gasteiger partial charge in [-0.25, -0.2) is 4.39 Å². The highest BCUT2D eigenvalue weighted by Gasteiger charge is 2.21. The van der Waals surface area contributed by atoms with E-state index in [-0.39, 0.29) is 0 Å². The molecule has 1 aromatic carbocycles. The molecule has 0 fully saturated rings. The van der Waals surface area contributed by atoms with Crippen LogP contribution in [0.3, 0.4) is 0 Å². The molecule has 106 valence electrons. The third kappa shape index (κ3) is 3.16. The molecule has 0 amide bonds. The second-order valence-corrected chi connectivity index (χ2v) is 4.67. The third-order valence-electron chi connectivity index (χ3n) is 3.14.